The fourth-order valence-electron chi connectivity index (χ4n) is 12.3. The van der Waals surface area contributed by atoms with Crippen LogP contribution in [0.3, 0.4) is 0 Å². The van der Waals surface area contributed by atoms with Gasteiger partial charge >= 0.3 is 0 Å². The van der Waals surface area contributed by atoms with Gasteiger partial charge in [-0.05, 0) is 149 Å². The highest BCUT2D eigenvalue weighted by atomic mass is 32.1. The highest BCUT2D eigenvalue weighted by Crippen LogP contribution is 2.69. The molecular formula is C61H46N2S. The molecule has 10 aromatic rings. The van der Waals surface area contributed by atoms with Gasteiger partial charge in [0, 0.05) is 48.3 Å². The van der Waals surface area contributed by atoms with Crippen molar-refractivity contribution in [3.05, 3.63) is 241 Å². The van der Waals surface area contributed by atoms with Crippen LogP contribution in [-0.2, 0) is 18.3 Å². The summed E-state index contributed by atoms with van der Waals surface area (Å²) in [6.07, 6.45) is 4.69. The third kappa shape index (κ3) is 5.70. The molecule has 306 valence electrons. The minimum Gasteiger partial charge on any atom is -0.310 e. The maximum absolute atomic E-state index is 2.61. The molecule has 64 heavy (non-hydrogen) atoms. The van der Waals surface area contributed by atoms with Gasteiger partial charge in [0.2, 0.25) is 0 Å². The van der Waals surface area contributed by atoms with Crippen LogP contribution < -0.4 is 9.80 Å². The van der Waals surface area contributed by atoms with Crippen molar-refractivity contribution in [1.29, 1.82) is 0 Å². The second kappa shape index (κ2) is 15.0. The third-order valence-corrected chi connectivity index (χ3v) is 15.9. The standard InChI is InChI=1S/C61H46N2S/c1-4-16-41(17-5-1)51-24-10-11-25-52(51)42-30-34-49(35-31-42)63(50-36-37-54-53-26-12-13-29-57(53)64-58(54)40-50)56-28-15-19-44-39-46-33-32-45-38-43-18-14-27-55(59(43)61(45,46)60(44)56)62(47-20-6-2-7-21-47)48-22-8-3-9-23-48/h1-31,34-37,40,45-46H,32-33,38-39H2. The second-order valence-electron chi connectivity index (χ2n) is 18.0. The van der Waals surface area contributed by atoms with Gasteiger partial charge in [-0.3, -0.25) is 0 Å². The minimum atomic E-state index is -0.131. The quantitative estimate of drug-likeness (QED) is 0.150. The van der Waals surface area contributed by atoms with Gasteiger partial charge in [0.15, 0.2) is 0 Å². The molecule has 1 spiro atoms. The fraction of sp³-hybridized carbons (Fsp3) is 0.115. The lowest BCUT2D eigenvalue weighted by molar-refractivity contribution is 0.350. The molecule has 3 unspecified atom stereocenters. The van der Waals surface area contributed by atoms with Crippen molar-refractivity contribution in [1.82, 2.24) is 0 Å². The van der Waals surface area contributed by atoms with E-state index in [4.69, 9.17) is 0 Å². The summed E-state index contributed by atoms with van der Waals surface area (Å²) in [5, 5.41) is 2.65. The number of benzene rings is 9. The molecule has 0 radical (unpaired) electrons. The molecule has 1 fully saturated rings. The molecule has 3 aliphatic carbocycles. The smallest absolute Gasteiger partial charge is 0.0505 e. The highest BCUT2D eigenvalue weighted by Gasteiger charge is 2.62. The number of thiophene rings is 1. The Morgan fingerprint density at radius 3 is 1.45 bits per heavy atom. The van der Waals surface area contributed by atoms with E-state index in [-0.39, 0.29) is 5.41 Å². The van der Waals surface area contributed by atoms with Crippen LogP contribution in [-0.4, -0.2) is 0 Å². The maximum atomic E-state index is 2.61. The predicted octanol–water partition coefficient (Wildman–Crippen LogP) is 16.8. The van der Waals surface area contributed by atoms with E-state index in [0.29, 0.717) is 11.8 Å². The lowest BCUT2D eigenvalue weighted by Crippen LogP contribution is -2.34. The average Bonchev–Trinajstić information content (AvgIpc) is 4.10. The van der Waals surface area contributed by atoms with Crippen molar-refractivity contribution in [2.24, 2.45) is 11.8 Å². The number of anilines is 6. The molecule has 3 atom stereocenters. The van der Waals surface area contributed by atoms with Gasteiger partial charge in [0.1, 0.15) is 0 Å². The number of hydrogen-bond donors (Lipinski definition) is 0. The number of fused-ring (bicyclic) bond motifs is 5. The van der Waals surface area contributed by atoms with Crippen LogP contribution in [0.25, 0.3) is 42.4 Å². The minimum absolute atomic E-state index is 0.131. The molecule has 0 aliphatic heterocycles. The van der Waals surface area contributed by atoms with Crippen molar-refractivity contribution in [2.75, 3.05) is 9.80 Å². The number of hydrogen-bond acceptors (Lipinski definition) is 3. The molecule has 1 saturated carbocycles. The first-order valence-electron chi connectivity index (χ1n) is 22.9. The van der Waals surface area contributed by atoms with E-state index < -0.39 is 0 Å². The van der Waals surface area contributed by atoms with Crippen molar-refractivity contribution < 1.29 is 0 Å². The normalized spacial score (nSPS) is 18.1. The lowest BCUT2D eigenvalue weighted by Gasteiger charge is -2.40. The van der Waals surface area contributed by atoms with Gasteiger partial charge in [-0.1, -0.05) is 152 Å². The van der Waals surface area contributed by atoms with Crippen LogP contribution >= 0.6 is 11.3 Å². The molecule has 1 heterocycles. The zero-order valence-corrected chi connectivity index (χ0v) is 36.4. The van der Waals surface area contributed by atoms with E-state index in [2.05, 4.69) is 228 Å². The zero-order valence-electron chi connectivity index (χ0n) is 35.6. The van der Waals surface area contributed by atoms with E-state index in [0.717, 1.165) is 12.8 Å². The van der Waals surface area contributed by atoms with Crippen LogP contribution in [0.15, 0.2) is 218 Å². The van der Waals surface area contributed by atoms with E-state index in [1.54, 1.807) is 0 Å². The monoisotopic (exact) mass is 838 g/mol. The largest absolute Gasteiger partial charge is 0.310 e. The van der Waals surface area contributed by atoms with Gasteiger partial charge in [-0.15, -0.1) is 11.3 Å². The summed E-state index contributed by atoms with van der Waals surface area (Å²) in [6.45, 7) is 0. The van der Waals surface area contributed by atoms with E-state index >= 15 is 0 Å². The van der Waals surface area contributed by atoms with Crippen molar-refractivity contribution in [3.8, 4) is 22.3 Å². The Kier molecular flexibility index (Phi) is 8.74. The number of nitrogens with zero attached hydrogens (tertiary/aromatic N) is 2. The van der Waals surface area contributed by atoms with Gasteiger partial charge in [-0.25, -0.2) is 0 Å². The van der Waals surface area contributed by atoms with Crippen LogP contribution in [0, 0.1) is 11.8 Å². The SMILES string of the molecule is c1ccc(-c2ccccc2-c2ccc(N(c3ccc4c(c3)sc3ccccc34)c3cccc4c3C35c6c(cccc6N(c6ccccc6)c6ccccc6)CC3CCC5C4)cc2)cc1. The average molecular weight is 839 g/mol. The number of para-hydroxylation sites is 2. The van der Waals surface area contributed by atoms with Crippen LogP contribution in [0.2, 0.25) is 0 Å². The fourth-order valence-corrected chi connectivity index (χ4v) is 13.4. The van der Waals surface area contributed by atoms with Crippen LogP contribution in [0.5, 0.6) is 0 Å². The molecule has 0 amide bonds. The first-order valence-corrected chi connectivity index (χ1v) is 23.7. The molecule has 3 heteroatoms. The summed E-state index contributed by atoms with van der Waals surface area (Å²) in [4.78, 5) is 5.14. The second-order valence-corrected chi connectivity index (χ2v) is 19.0. The van der Waals surface area contributed by atoms with Crippen molar-refractivity contribution >= 4 is 65.6 Å². The molecule has 2 nitrogen and oxygen atoms in total. The number of rotatable bonds is 8. The molecule has 13 rings (SSSR count). The molecule has 1 aromatic heterocycles. The highest BCUT2D eigenvalue weighted by molar-refractivity contribution is 7.25. The topological polar surface area (TPSA) is 6.48 Å². The van der Waals surface area contributed by atoms with Crippen LogP contribution in [0.1, 0.15) is 35.1 Å². The molecule has 3 aliphatic rings. The van der Waals surface area contributed by atoms with E-state index in [1.807, 2.05) is 11.3 Å². The molecule has 0 saturated heterocycles. The zero-order chi connectivity index (χ0) is 42.2. The summed E-state index contributed by atoms with van der Waals surface area (Å²) in [6, 6.07) is 81.4. The van der Waals surface area contributed by atoms with Crippen molar-refractivity contribution in [3.63, 3.8) is 0 Å². The molecular weight excluding hydrogens is 793 g/mol. The molecule has 0 N–H and O–H groups in total. The van der Waals surface area contributed by atoms with Crippen molar-refractivity contribution in [2.45, 2.75) is 31.1 Å². The lowest BCUT2D eigenvalue weighted by atomic mass is 9.68. The van der Waals surface area contributed by atoms with Gasteiger partial charge in [0.05, 0.1) is 11.4 Å². The Morgan fingerprint density at radius 1 is 0.375 bits per heavy atom. The van der Waals surface area contributed by atoms with E-state index in [1.165, 1.54) is 112 Å². The van der Waals surface area contributed by atoms with Crippen LogP contribution in [0.4, 0.5) is 34.1 Å². The Labute approximate surface area is 379 Å². The third-order valence-electron chi connectivity index (χ3n) is 14.7. The van der Waals surface area contributed by atoms with Gasteiger partial charge in [-0.2, -0.15) is 0 Å². The maximum Gasteiger partial charge on any atom is 0.0505 e. The summed E-state index contributed by atoms with van der Waals surface area (Å²) in [5.41, 5.74) is 18.2. The summed E-state index contributed by atoms with van der Waals surface area (Å²) in [5.74, 6) is 1.04. The summed E-state index contributed by atoms with van der Waals surface area (Å²) >= 11 is 1.90. The Bertz CT molecular complexity index is 3310. The Hall–Kier alpha value is -7.20. The summed E-state index contributed by atoms with van der Waals surface area (Å²) in [7, 11) is 0. The first kappa shape index (κ1) is 37.4. The Balaban J connectivity index is 1.03. The predicted molar refractivity (Wildman–Crippen MR) is 270 cm³/mol. The van der Waals surface area contributed by atoms with E-state index in [9.17, 15) is 0 Å². The molecule has 0 bridgehead atoms. The van der Waals surface area contributed by atoms with Gasteiger partial charge in [0.25, 0.3) is 0 Å². The summed E-state index contributed by atoms with van der Waals surface area (Å²) < 4.78 is 2.64. The van der Waals surface area contributed by atoms with Gasteiger partial charge < -0.3 is 9.80 Å². The Morgan fingerprint density at radius 2 is 0.844 bits per heavy atom. The first-order chi connectivity index (χ1) is 31.7. The molecule has 9 aromatic carbocycles.